The zero-order valence-electron chi connectivity index (χ0n) is 14.5. The van der Waals surface area contributed by atoms with E-state index in [1.165, 1.54) is 18.4 Å². The molecule has 0 bridgehead atoms. The minimum Gasteiger partial charge on any atom is -0.497 e. The molecule has 2 heterocycles. The summed E-state index contributed by atoms with van der Waals surface area (Å²) in [6.07, 6.45) is -0.116. The van der Waals surface area contributed by atoms with Crippen molar-refractivity contribution >= 4 is 33.3 Å². The number of rotatable bonds is 6. The molecule has 0 aliphatic carbocycles. The lowest BCUT2D eigenvalue weighted by Gasteiger charge is -2.08. The monoisotopic (exact) mass is 375 g/mol. The van der Waals surface area contributed by atoms with Gasteiger partial charge in [0.2, 0.25) is 11.0 Å². The summed E-state index contributed by atoms with van der Waals surface area (Å²) < 4.78 is 15.4. The summed E-state index contributed by atoms with van der Waals surface area (Å²) in [5, 5.41) is 12.2. The number of methoxy groups -OCH3 is 2. The van der Waals surface area contributed by atoms with Gasteiger partial charge in [0.15, 0.2) is 0 Å². The van der Waals surface area contributed by atoms with Crippen molar-refractivity contribution in [2.24, 2.45) is 0 Å². The van der Waals surface area contributed by atoms with E-state index in [1.54, 1.807) is 32.2 Å². The van der Waals surface area contributed by atoms with Crippen LogP contribution in [0.2, 0.25) is 0 Å². The van der Waals surface area contributed by atoms with Crippen LogP contribution >= 0.6 is 11.3 Å². The van der Waals surface area contributed by atoms with Gasteiger partial charge in [-0.15, -0.1) is 10.2 Å². The van der Waals surface area contributed by atoms with Gasteiger partial charge in [-0.3, -0.25) is 4.79 Å². The Balaban J connectivity index is 1.83. The van der Waals surface area contributed by atoms with Gasteiger partial charge >= 0.3 is 5.63 Å². The molecule has 0 atom stereocenters. The summed E-state index contributed by atoms with van der Waals surface area (Å²) in [7, 11) is 3.09. The third kappa shape index (κ3) is 3.73. The maximum Gasteiger partial charge on any atom is 0.340 e. The van der Waals surface area contributed by atoms with Crippen molar-refractivity contribution < 1.29 is 18.7 Å². The van der Waals surface area contributed by atoms with E-state index in [-0.39, 0.29) is 12.3 Å². The second-order valence-electron chi connectivity index (χ2n) is 5.51. The number of hydrogen-bond donors (Lipinski definition) is 1. The number of aryl methyl sites for hydroxylation is 1. The third-order valence-corrected chi connectivity index (χ3v) is 4.63. The molecule has 0 aliphatic heterocycles. The number of benzene rings is 1. The molecule has 9 heteroatoms. The van der Waals surface area contributed by atoms with Crippen LogP contribution in [0, 0.1) is 6.92 Å². The zero-order valence-corrected chi connectivity index (χ0v) is 15.3. The van der Waals surface area contributed by atoms with Gasteiger partial charge in [0.25, 0.3) is 0 Å². The fourth-order valence-electron chi connectivity index (χ4n) is 2.52. The van der Waals surface area contributed by atoms with Crippen molar-refractivity contribution in [3.8, 4) is 5.75 Å². The second-order valence-corrected chi connectivity index (χ2v) is 6.58. The van der Waals surface area contributed by atoms with Crippen molar-refractivity contribution in [1.82, 2.24) is 10.2 Å². The summed E-state index contributed by atoms with van der Waals surface area (Å²) >= 11 is 1.22. The first-order chi connectivity index (χ1) is 12.5. The van der Waals surface area contributed by atoms with Crippen molar-refractivity contribution in [1.29, 1.82) is 0 Å². The molecule has 3 aromatic rings. The fraction of sp³-hybridized carbons (Fsp3) is 0.294. The molecule has 1 aromatic carbocycles. The first-order valence-corrected chi connectivity index (χ1v) is 8.55. The molecule has 0 saturated heterocycles. The van der Waals surface area contributed by atoms with Crippen LogP contribution in [0.15, 0.2) is 27.4 Å². The molecule has 2 aromatic heterocycles. The minimum atomic E-state index is -0.546. The van der Waals surface area contributed by atoms with Crippen molar-refractivity contribution in [2.75, 3.05) is 19.5 Å². The molecule has 3 rings (SSSR count). The van der Waals surface area contributed by atoms with Crippen LogP contribution in [0.1, 0.15) is 16.1 Å². The Kier molecular flexibility index (Phi) is 5.29. The predicted molar refractivity (Wildman–Crippen MR) is 96.7 cm³/mol. The van der Waals surface area contributed by atoms with Crippen LogP contribution in [-0.4, -0.2) is 30.3 Å². The van der Waals surface area contributed by atoms with Crippen molar-refractivity contribution in [3.05, 3.63) is 44.8 Å². The van der Waals surface area contributed by atoms with Crippen molar-refractivity contribution in [2.45, 2.75) is 20.0 Å². The standard InChI is InChI=1S/C17H17N3O5S/c1-9-11-5-4-10(24-3)6-13(11)25-16(22)12(9)7-14(21)18-17-20-19-15(26-17)8-23-2/h4-6H,7-8H2,1-3H3,(H,18,20,21). The number of fused-ring (bicyclic) bond motifs is 1. The molecule has 0 saturated carbocycles. The second kappa shape index (κ2) is 7.63. The molecule has 8 nitrogen and oxygen atoms in total. The Labute approximate surface area is 152 Å². The number of nitrogens with one attached hydrogen (secondary N) is 1. The van der Waals surface area contributed by atoms with Crippen LogP contribution in [0.3, 0.4) is 0 Å². The molecule has 0 spiro atoms. The van der Waals surface area contributed by atoms with E-state index in [9.17, 15) is 9.59 Å². The lowest BCUT2D eigenvalue weighted by atomic mass is 10.0. The number of nitrogens with zero attached hydrogens (tertiary/aromatic N) is 2. The first kappa shape index (κ1) is 18.0. The van der Waals surface area contributed by atoms with Crippen LogP contribution in [0.25, 0.3) is 11.0 Å². The summed E-state index contributed by atoms with van der Waals surface area (Å²) in [6.45, 7) is 2.11. The van der Waals surface area contributed by atoms with E-state index in [0.29, 0.717) is 39.2 Å². The average Bonchev–Trinajstić information content (AvgIpc) is 3.05. The Morgan fingerprint density at radius 2 is 2.12 bits per heavy atom. The lowest BCUT2D eigenvalue weighted by Crippen LogP contribution is -2.20. The Morgan fingerprint density at radius 3 is 2.85 bits per heavy atom. The van der Waals surface area contributed by atoms with Gasteiger partial charge in [0, 0.05) is 18.6 Å². The predicted octanol–water partition coefficient (Wildman–Crippen LogP) is 2.29. The Morgan fingerprint density at radius 1 is 1.31 bits per heavy atom. The number of hydrogen-bond acceptors (Lipinski definition) is 8. The quantitative estimate of drug-likeness (QED) is 0.659. The van der Waals surface area contributed by atoms with Crippen molar-refractivity contribution in [3.63, 3.8) is 0 Å². The molecule has 0 aliphatic rings. The van der Waals surface area contributed by atoms with E-state index >= 15 is 0 Å². The molecular formula is C17H17N3O5S. The molecule has 0 unspecified atom stereocenters. The molecule has 1 N–H and O–H groups in total. The van der Waals surface area contributed by atoms with Gasteiger partial charge in [-0.05, 0) is 24.6 Å². The Hall–Kier alpha value is -2.78. The largest absolute Gasteiger partial charge is 0.497 e. The fourth-order valence-corrected chi connectivity index (χ4v) is 3.24. The highest BCUT2D eigenvalue weighted by molar-refractivity contribution is 7.15. The summed E-state index contributed by atoms with van der Waals surface area (Å²) in [5.41, 5.74) is 0.883. The lowest BCUT2D eigenvalue weighted by molar-refractivity contribution is -0.115. The summed E-state index contributed by atoms with van der Waals surface area (Å²) in [4.78, 5) is 24.6. The number of ether oxygens (including phenoxy) is 2. The molecular weight excluding hydrogens is 358 g/mol. The topological polar surface area (TPSA) is 104 Å². The molecule has 26 heavy (non-hydrogen) atoms. The summed E-state index contributed by atoms with van der Waals surface area (Å²) in [6, 6.07) is 5.22. The highest BCUT2D eigenvalue weighted by Crippen LogP contribution is 2.24. The first-order valence-electron chi connectivity index (χ1n) is 7.73. The highest BCUT2D eigenvalue weighted by atomic mass is 32.1. The van der Waals surface area contributed by atoms with Gasteiger partial charge in [-0.25, -0.2) is 4.79 Å². The third-order valence-electron chi connectivity index (χ3n) is 3.81. The normalized spacial score (nSPS) is 10.9. The maximum atomic E-state index is 12.3. The number of carbonyl (C=O) groups excluding carboxylic acids is 1. The van der Waals surface area contributed by atoms with Gasteiger partial charge in [0.05, 0.1) is 19.1 Å². The van der Waals surface area contributed by atoms with Gasteiger partial charge in [0.1, 0.15) is 22.9 Å². The Bertz CT molecular complexity index is 1010. The molecule has 0 radical (unpaired) electrons. The highest BCUT2D eigenvalue weighted by Gasteiger charge is 2.16. The number of carbonyl (C=O) groups is 1. The van der Waals surface area contributed by atoms with E-state index in [1.807, 2.05) is 0 Å². The van der Waals surface area contributed by atoms with E-state index in [2.05, 4.69) is 15.5 Å². The molecule has 0 fully saturated rings. The van der Waals surface area contributed by atoms with Crippen LogP contribution in [0.4, 0.5) is 5.13 Å². The van der Waals surface area contributed by atoms with Crippen LogP contribution in [-0.2, 0) is 22.6 Å². The summed E-state index contributed by atoms with van der Waals surface area (Å²) in [5.74, 6) is 0.224. The maximum absolute atomic E-state index is 12.3. The number of amides is 1. The molecule has 136 valence electrons. The molecule has 1 amide bonds. The smallest absolute Gasteiger partial charge is 0.340 e. The zero-order chi connectivity index (χ0) is 18.7. The minimum absolute atomic E-state index is 0.116. The van der Waals surface area contributed by atoms with Gasteiger partial charge in [-0.2, -0.15) is 0 Å². The van der Waals surface area contributed by atoms with Crippen LogP contribution < -0.4 is 15.7 Å². The SMILES string of the molecule is COCc1nnc(NC(=O)Cc2c(C)c3ccc(OC)cc3oc2=O)s1. The van der Waals surface area contributed by atoms with E-state index < -0.39 is 5.63 Å². The van der Waals surface area contributed by atoms with Crippen LogP contribution in [0.5, 0.6) is 5.75 Å². The van der Waals surface area contributed by atoms with Gasteiger partial charge in [-0.1, -0.05) is 11.3 Å². The van der Waals surface area contributed by atoms with E-state index in [0.717, 1.165) is 5.39 Å². The number of aromatic nitrogens is 2. The number of anilines is 1. The van der Waals surface area contributed by atoms with Gasteiger partial charge < -0.3 is 19.2 Å². The average molecular weight is 375 g/mol. The van der Waals surface area contributed by atoms with E-state index in [4.69, 9.17) is 13.9 Å².